The highest BCUT2D eigenvalue weighted by molar-refractivity contribution is 9.09. The SMILES string of the molecule is C=CCOC(=O)[C@H]1[C@@H]2OC3(CC2Br)C(C(=O)N(CC=C)c2ccc(OC)cc2)N([C@@H](CO)[C@@H](C)CC)C(=O)[C@H]13. The number of carbonyl (C=O) groups is 3. The largest absolute Gasteiger partial charge is 0.497 e. The third-order valence-electron chi connectivity index (χ3n) is 8.38. The van der Waals surface area contributed by atoms with Gasteiger partial charge in [0.15, 0.2) is 0 Å². The van der Waals surface area contributed by atoms with Gasteiger partial charge in [-0.2, -0.15) is 0 Å². The fraction of sp³-hybridized carbons (Fsp3) is 0.552. The predicted molar refractivity (Wildman–Crippen MR) is 150 cm³/mol. The van der Waals surface area contributed by atoms with Crippen molar-refractivity contribution < 1.29 is 33.7 Å². The minimum absolute atomic E-state index is 0.00566. The van der Waals surface area contributed by atoms with E-state index in [1.807, 2.05) is 13.8 Å². The molecule has 212 valence electrons. The van der Waals surface area contributed by atoms with E-state index in [-0.39, 0.29) is 42.3 Å². The Kier molecular flexibility index (Phi) is 8.88. The molecule has 1 aromatic rings. The van der Waals surface area contributed by atoms with E-state index in [1.54, 1.807) is 42.4 Å². The van der Waals surface area contributed by atoms with E-state index in [2.05, 4.69) is 29.1 Å². The van der Waals surface area contributed by atoms with Gasteiger partial charge in [-0.05, 0) is 36.6 Å². The van der Waals surface area contributed by atoms with Gasteiger partial charge in [0.2, 0.25) is 5.91 Å². The number of likely N-dealkylation sites (tertiary alicyclic amines) is 1. The Morgan fingerprint density at radius 3 is 2.56 bits per heavy atom. The number of aliphatic hydroxyl groups excluding tert-OH is 1. The Morgan fingerprint density at radius 1 is 1.31 bits per heavy atom. The van der Waals surface area contributed by atoms with Gasteiger partial charge in [-0.3, -0.25) is 14.4 Å². The van der Waals surface area contributed by atoms with Crippen LogP contribution in [0.4, 0.5) is 5.69 Å². The highest BCUT2D eigenvalue weighted by Crippen LogP contribution is 2.61. The van der Waals surface area contributed by atoms with Crippen LogP contribution in [0.2, 0.25) is 0 Å². The third kappa shape index (κ3) is 4.80. The minimum Gasteiger partial charge on any atom is -0.497 e. The van der Waals surface area contributed by atoms with Crippen molar-refractivity contribution in [2.24, 2.45) is 17.8 Å². The number of hydrogen-bond acceptors (Lipinski definition) is 7. The third-order valence-corrected chi connectivity index (χ3v) is 9.23. The summed E-state index contributed by atoms with van der Waals surface area (Å²) in [5.41, 5.74) is -0.667. The van der Waals surface area contributed by atoms with Crippen molar-refractivity contribution in [1.29, 1.82) is 0 Å². The van der Waals surface area contributed by atoms with E-state index in [0.717, 1.165) is 0 Å². The van der Waals surface area contributed by atoms with Gasteiger partial charge < -0.3 is 29.1 Å². The molecule has 1 spiro atoms. The zero-order valence-electron chi connectivity index (χ0n) is 22.6. The first-order chi connectivity index (χ1) is 18.7. The molecule has 10 heteroatoms. The fourth-order valence-electron chi connectivity index (χ4n) is 6.39. The van der Waals surface area contributed by atoms with Crippen molar-refractivity contribution in [3.05, 3.63) is 49.6 Å². The van der Waals surface area contributed by atoms with E-state index in [4.69, 9.17) is 14.2 Å². The Balaban J connectivity index is 1.84. The molecule has 39 heavy (non-hydrogen) atoms. The monoisotopic (exact) mass is 604 g/mol. The molecule has 3 aliphatic heterocycles. The summed E-state index contributed by atoms with van der Waals surface area (Å²) in [5, 5.41) is 10.5. The molecule has 0 radical (unpaired) electrons. The maximum Gasteiger partial charge on any atom is 0.312 e. The average molecular weight is 606 g/mol. The zero-order valence-corrected chi connectivity index (χ0v) is 24.2. The number of methoxy groups -OCH3 is 1. The molecule has 3 aliphatic rings. The molecule has 3 unspecified atom stereocenters. The Labute approximate surface area is 237 Å². The molecule has 3 heterocycles. The molecule has 3 saturated heterocycles. The highest BCUT2D eigenvalue weighted by Gasteiger charge is 2.77. The molecule has 2 bridgehead atoms. The van der Waals surface area contributed by atoms with Gasteiger partial charge in [0.25, 0.3) is 5.91 Å². The number of hydrogen-bond donors (Lipinski definition) is 1. The Bertz CT molecular complexity index is 1110. The van der Waals surface area contributed by atoms with Gasteiger partial charge in [-0.15, -0.1) is 6.58 Å². The molecule has 0 aromatic heterocycles. The van der Waals surface area contributed by atoms with E-state index in [1.165, 1.54) is 11.0 Å². The Hall–Kier alpha value is -2.69. The van der Waals surface area contributed by atoms with Crippen LogP contribution in [0.25, 0.3) is 0 Å². The van der Waals surface area contributed by atoms with Crippen LogP contribution in [0.3, 0.4) is 0 Å². The van der Waals surface area contributed by atoms with E-state index < -0.39 is 41.6 Å². The average Bonchev–Trinajstić information content (AvgIpc) is 3.54. The fourth-order valence-corrected chi connectivity index (χ4v) is 7.33. The van der Waals surface area contributed by atoms with Crippen molar-refractivity contribution in [1.82, 2.24) is 4.90 Å². The molecule has 0 aliphatic carbocycles. The van der Waals surface area contributed by atoms with Crippen LogP contribution in [0.15, 0.2) is 49.6 Å². The smallest absolute Gasteiger partial charge is 0.312 e. The summed E-state index contributed by atoms with van der Waals surface area (Å²) in [6, 6.07) is 5.34. The van der Waals surface area contributed by atoms with Crippen molar-refractivity contribution >= 4 is 39.4 Å². The van der Waals surface area contributed by atoms with Crippen molar-refractivity contribution in [3.8, 4) is 5.75 Å². The number of ether oxygens (including phenoxy) is 3. The van der Waals surface area contributed by atoms with E-state index in [9.17, 15) is 19.5 Å². The lowest BCUT2D eigenvalue weighted by molar-refractivity contribution is -0.155. The second-order valence-electron chi connectivity index (χ2n) is 10.4. The first-order valence-electron chi connectivity index (χ1n) is 13.3. The number of anilines is 1. The number of fused-ring (bicyclic) bond motifs is 1. The molecule has 3 fully saturated rings. The second-order valence-corrected chi connectivity index (χ2v) is 11.6. The van der Waals surface area contributed by atoms with Gasteiger partial charge in [0.1, 0.15) is 24.0 Å². The van der Waals surface area contributed by atoms with Crippen LogP contribution in [0, 0.1) is 17.8 Å². The number of benzene rings is 1. The predicted octanol–water partition coefficient (Wildman–Crippen LogP) is 3.10. The van der Waals surface area contributed by atoms with Crippen molar-refractivity contribution in [2.45, 2.75) is 55.3 Å². The number of halogens is 1. The van der Waals surface area contributed by atoms with Crippen molar-refractivity contribution in [2.75, 3.05) is 31.8 Å². The summed E-state index contributed by atoms with van der Waals surface area (Å²) in [6.45, 7) is 11.2. The molecular formula is C29H37BrN2O7. The summed E-state index contributed by atoms with van der Waals surface area (Å²) < 4.78 is 17.2. The number of rotatable bonds is 12. The topological polar surface area (TPSA) is 106 Å². The standard InChI is InChI=1S/C29H37BrN2O7/c1-6-13-31(18-9-11-19(37-5)12-10-18)27(35)25-29-15-20(30)24(39-29)22(28(36)38-14-7-2)23(29)26(34)32(25)21(16-33)17(4)8-3/h6-7,9-12,17,20-25,33H,1-2,8,13-16H2,3-5H3/t17-,20?,21-,22+,23-,24+,25?,29?/m0/s1. The number of alkyl halides is 1. The molecule has 9 nitrogen and oxygen atoms in total. The minimum atomic E-state index is -1.27. The maximum atomic E-state index is 14.6. The van der Waals surface area contributed by atoms with Gasteiger partial charge in [0.05, 0.1) is 37.7 Å². The summed E-state index contributed by atoms with van der Waals surface area (Å²) in [4.78, 5) is 44.9. The normalized spacial score (nSPS) is 30.4. The lowest BCUT2D eigenvalue weighted by Gasteiger charge is -2.41. The van der Waals surface area contributed by atoms with Crippen LogP contribution in [0.1, 0.15) is 26.7 Å². The van der Waals surface area contributed by atoms with Crippen LogP contribution >= 0.6 is 15.9 Å². The summed E-state index contributed by atoms with van der Waals surface area (Å²) >= 11 is 3.66. The molecule has 1 aromatic carbocycles. The van der Waals surface area contributed by atoms with Crippen LogP contribution < -0.4 is 9.64 Å². The van der Waals surface area contributed by atoms with Gasteiger partial charge in [-0.25, -0.2) is 0 Å². The second kappa shape index (κ2) is 11.8. The Morgan fingerprint density at radius 2 is 2.00 bits per heavy atom. The highest BCUT2D eigenvalue weighted by atomic mass is 79.9. The first kappa shape index (κ1) is 29.3. The molecule has 0 saturated carbocycles. The lowest BCUT2D eigenvalue weighted by atomic mass is 9.70. The molecule has 2 amide bonds. The lowest BCUT2D eigenvalue weighted by Crippen LogP contribution is -2.60. The number of esters is 1. The number of aliphatic hydroxyl groups is 1. The molecule has 8 atom stereocenters. The van der Waals surface area contributed by atoms with Gasteiger partial charge >= 0.3 is 5.97 Å². The summed E-state index contributed by atoms with van der Waals surface area (Å²) in [7, 11) is 1.56. The van der Waals surface area contributed by atoms with Crippen molar-refractivity contribution in [3.63, 3.8) is 0 Å². The molecule has 4 rings (SSSR count). The van der Waals surface area contributed by atoms with E-state index in [0.29, 0.717) is 24.3 Å². The number of carbonyl (C=O) groups excluding carboxylic acids is 3. The zero-order chi connectivity index (χ0) is 28.5. The van der Waals surface area contributed by atoms with Crippen LogP contribution in [-0.4, -0.2) is 83.3 Å². The molecule has 1 N–H and O–H groups in total. The van der Waals surface area contributed by atoms with Gasteiger partial charge in [0, 0.05) is 17.1 Å². The van der Waals surface area contributed by atoms with Gasteiger partial charge in [-0.1, -0.05) is 54.9 Å². The molecular weight excluding hydrogens is 568 g/mol. The summed E-state index contributed by atoms with van der Waals surface area (Å²) in [6.07, 6.45) is 3.49. The summed E-state index contributed by atoms with van der Waals surface area (Å²) in [5.74, 6) is -2.57. The quantitative estimate of drug-likeness (QED) is 0.222. The van der Waals surface area contributed by atoms with Crippen LogP contribution in [-0.2, 0) is 23.9 Å². The van der Waals surface area contributed by atoms with E-state index >= 15 is 0 Å². The number of amides is 2. The maximum absolute atomic E-state index is 14.6. The first-order valence-corrected chi connectivity index (χ1v) is 14.2. The van der Waals surface area contributed by atoms with Crippen LogP contribution in [0.5, 0.6) is 5.75 Å². The number of nitrogens with zero attached hydrogens (tertiary/aromatic N) is 2.